The van der Waals surface area contributed by atoms with Gasteiger partial charge in [0.25, 0.3) is 0 Å². The van der Waals surface area contributed by atoms with Crippen molar-refractivity contribution in [2.24, 2.45) is 0 Å². The zero-order chi connectivity index (χ0) is 26.7. The molecule has 2 heterocycles. The van der Waals surface area contributed by atoms with E-state index in [9.17, 15) is 9.59 Å². The number of amides is 2. The second-order valence-electron chi connectivity index (χ2n) is 11.7. The fourth-order valence-corrected chi connectivity index (χ4v) is 5.76. The Hall–Kier alpha value is -3.32. The molecule has 2 unspecified atom stereocenters. The number of hydrogen-bond acceptors (Lipinski definition) is 5. The molecule has 5 rings (SSSR count). The number of benzene rings is 2. The standard InChI is InChI=1S/C31H39N5O2/c1-31(2,3)21-15-17-23(18-16-21)36(30(38)27-14-9-19-32-27)28(29(37)34-22-10-5-4-6-11-22)25-20-33-35-26-13-8-7-12-24(25)26/h7-8,12-13,15-18,20,22,27-28,32H,4-6,9-11,14,19H2,1-3H3,(H,34,37). The topological polar surface area (TPSA) is 87.2 Å². The summed E-state index contributed by atoms with van der Waals surface area (Å²) in [4.78, 5) is 30.2. The van der Waals surface area contributed by atoms with Crippen molar-refractivity contribution in [3.63, 3.8) is 0 Å². The summed E-state index contributed by atoms with van der Waals surface area (Å²) in [5, 5.41) is 16.0. The lowest BCUT2D eigenvalue weighted by Gasteiger charge is -2.35. The van der Waals surface area contributed by atoms with Crippen LogP contribution in [0.4, 0.5) is 5.69 Å². The Morgan fingerprint density at radius 1 is 0.974 bits per heavy atom. The van der Waals surface area contributed by atoms with Crippen LogP contribution < -0.4 is 15.5 Å². The maximum absolute atomic E-state index is 14.2. The van der Waals surface area contributed by atoms with Gasteiger partial charge in [-0.2, -0.15) is 10.2 Å². The fraction of sp³-hybridized carbons (Fsp3) is 0.484. The summed E-state index contributed by atoms with van der Waals surface area (Å²) < 4.78 is 0. The third-order valence-electron chi connectivity index (χ3n) is 7.94. The molecule has 0 radical (unpaired) electrons. The summed E-state index contributed by atoms with van der Waals surface area (Å²) in [5.41, 5.74) is 3.25. The Bertz CT molecular complexity index is 1270. The van der Waals surface area contributed by atoms with Crippen LogP contribution in [0.1, 0.15) is 82.9 Å². The largest absolute Gasteiger partial charge is 0.351 e. The molecular weight excluding hydrogens is 474 g/mol. The first kappa shape index (κ1) is 26.3. The van der Waals surface area contributed by atoms with Crippen LogP contribution in [-0.2, 0) is 15.0 Å². The molecule has 2 fully saturated rings. The van der Waals surface area contributed by atoms with Crippen LogP contribution in [-0.4, -0.2) is 40.6 Å². The summed E-state index contributed by atoms with van der Waals surface area (Å²) in [5.74, 6) is -0.253. The lowest BCUT2D eigenvalue weighted by atomic mass is 9.87. The zero-order valence-corrected chi connectivity index (χ0v) is 22.7. The summed E-state index contributed by atoms with van der Waals surface area (Å²) in [7, 11) is 0. The Labute approximate surface area is 225 Å². The molecule has 2 amide bonds. The minimum atomic E-state index is -0.868. The molecule has 1 saturated heterocycles. The van der Waals surface area contributed by atoms with Gasteiger partial charge >= 0.3 is 0 Å². The number of carbonyl (C=O) groups is 2. The number of anilines is 1. The number of rotatable bonds is 6. The highest BCUT2D eigenvalue weighted by Crippen LogP contribution is 2.34. The highest BCUT2D eigenvalue weighted by atomic mass is 16.2. The van der Waals surface area contributed by atoms with E-state index in [1.807, 2.05) is 36.4 Å². The molecule has 2 aromatic carbocycles. The second-order valence-corrected chi connectivity index (χ2v) is 11.7. The third kappa shape index (κ3) is 5.58. The molecule has 0 bridgehead atoms. The van der Waals surface area contributed by atoms with Crippen LogP contribution in [0.3, 0.4) is 0 Å². The van der Waals surface area contributed by atoms with Crippen LogP contribution in [0.5, 0.6) is 0 Å². The first-order valence-electron chi connectivity index (χ1n) is 14.0. The van der Waals surface area contributed by atoms with E-state index in [1.165, 1.54) is 12.0 Å². The number of carbonyl (C=O) groups excluding carboxylic acids is 2. The molecule has 0 spiro atoms. The van der Waals surface area contributed by atoms with Gasteiger partial charge in [0.15, 0.2) is 0 Å². The van der Waals surface area contributed by atoms with Crippen molar-refractivity contribution >= 4 is 28.4 Å². The number of aromatic nitrogens is 2. The quantitative estimate of drug-likeness (QED) is 0.473. The van der Waals surface area contributed by atoms with Gasteiger partial charge in [0.05, 0.1) is 17.8 Å². The minimum Gasteiger partial charge on any atom is -0.351 e. The van der Waals surface area contributed by atoms with E-state index in [0.717, 1.165) is 50.5 Å². The van der Waals surface area contributed by atoms with Crippen molar-refractivity contribution in [2.45, 2.75) is 89.3 Å². The zero-order valence-electron chi connectivity index (χ0n) is 22.7. The molecule has 3 aromatic rings. The van der Waals surface area contributed by atoms with Crippen molar-refractivity contribution in [3.8, 4) is 0 Å². The fourth-order valence-electron chi connectivity index (χ4n) is 5.76. The third-order valence-corrected chi connectivity index (χ3v) is 7.94. The lowest BCUT2D eigenvalue weighted by Crippen LogP contribution is -2.51. The Morgan fingerprint density at radius 2 is 1.71 bits per heavy atom. The molecule has 1 aliphatic carbocycles. The van der Waals surface area contributed by atoms with Crippen LogP contribution in [0.2, 0.25) is 0 Å². The molecule has 7 nitrogen and oxygen atoms in total. The summed E-state index contributed by atoms with van der Waals surface area (Å²) in [6, 6.07) is 14.7. The lowest BCUT2D eigenvalue weighted by molar-refractivity contribution is -0.128. The van der Waals surface area contributed by atoms with Crippen molar-refractivity contribution in [1.29, 1.82) is 0 Å². The minimum absolute atomic E-state index is 0.0244. The SMILES string of the molecule is CC(C)(C)c1ccc(N(C(=O)C2CCCN2)C(C(=O)NC2CCCCC2)c2cnnc3ccccc23)cc1. The van der Waals surface area contributed by atoms with Crippen LogP contribution in [0.15, 0.2) is 54.7 Å². The van der Waals surface area contributed by atoms with Gasteiger partial charge in [-0.3, -0.25) is 14.5 Å². The second kappa shape index (κ2) is 11.2. The van der Waals surface area contributed by atoms with Crippen molar-refractivity contribution < 1.29 is 9.59 Å². The average Bonchev–Trinajstić information content (AvgIpc) is 3.47. The van der Waals surface area contributed by atoms with E-state index in [0.29, 0.717) is 16.8 Å². The molecule has 1 aliphatic heterocycles. The van der Waals surface area contributed by atoms with Gasteiger partial charge in [-0.15, -0.1) is 0 Å². The van der Waals surface area contributed by atoms with E-state index >= 15 is 0 Å². The van der Waals surface area contributed by atoms with Gasteiger partial charge in [0.1, 0.15) is 6.04 Å². The van der Waals surface area contributed by atoms with Gasteiger partial charge in [0, 0.05) is 22.7 Å². The maximum atomic E-state index is 14.2. The van der Waals surface area contributed by atoms with E-state index in [-0.39, 0.29) is 29.3 Å². The molecule has 2 aliphatic rings. The number of fused-ring (bicyclic) bond motifs is 1. The van der Waals surface area contributed by atoms with E-state index in [4.69, 9.17) is 0 Å². The molecule has 38 heavy (non-hydrogen) atoms. The van der Waals surface area contributed by atoms with Gasteiger partial charge in [-0.05, 0) is 61.4 Å². The molecule has 7 heteroatoms. The van der Waals surface area contributed by atoms with Crippen LogP contribution >= 0.6 is 0 Å². The first-order valence-corrected chi connectivity index (χ1v) is 14.0. The van der Waals surface area contributed by atoms with Gasteiger partial charge < -0.3 is 10.6 Å². The molecule has 2 N–H and O–H groups in total. The Morgan fingerprint density at radius 3 is 2.39 bits per heavy atom. The van der Waals surface area contributed by atoms with Gasteiger partial charge in [-0.25, -0.2) is 0 Å². The van der Waals surface area contributed by atoms with Crippen LogP contribution in [0.25, 0.3) is 10.9 Å². The first-order chi connectivity index (χ1) is 18.3. The average molecular weight is 514 g/mol. The molecule has 2 atom stereocenters. The molecule has 200 valence electrons. The number of nitrogens with one attached hydrogen (secondary N) is 2. The van der Waals surface area contributed by atoms with Gasteiger partial charge in [0.2, 0.25) is 11.8 Å². The molecule has 1 aromatic heterocycles. The number of hydrogen-bond donors (Lipinski definition) is 2. The molecule has 1 saturated carbocycles. The molecular formula is C31H39N5O2. The monoisotopic (exact) mass is 513 g/mol. The predicted octanol–water partition coefficient (Wildman–Crippen LogP) is 5.20. The van der Waals surface area contributed by atoms with Crippen molar-refractivity contribution in [3.05, 3.63) is 65.9 Å². The number of nitrogens with zero attached hydrogens (tertiary/aromatic N) is 3. The van der Waals surface area contributed by atoms with Crippen molar-refractivity contribution in [2.75, 3.05) is 11.4 Å². The van der Waals surface area contributed by atoms with Gasteiger partial charge in [-0.1, -0.05) is 70.4 Å². The van der Waals surface area contributed by atoms with Crippen molar-refractivity contribution in [1.82, 2.24) is 20.8 Å². The maximum Gasteiger partial charge on any atom is 0.248 e. The summed E-state index contributed by atoms with van der Waals surface area (Å²) >= 11 is 0. The van der Waals surface area contributed by atoms with E-state index in [1.54, 1.807) is 11.1 Å². The highest BCUT2D eigenvalue weighted by Gasteiger charge is 2.39. The summed E-state index contributed by atoms with van der Waals surface area (Å²) in [6.07, 6.45) is 8.69. The summed E-state index contributed by atoms with van der Waals surface area (Å²) in [6.45, 7) is 7.31. The smallest absolute Gasteiger partial charge is 0.248 e. The van der Waals surface area contributed by atoms with E-state index in [2.05, 4.69) is 53.7 Å². The predicted molar refractivity (Wildman–Crippen MR) is 151 cm³/mol. The highest BCUT2D eigenvalue weighted by molar-refractivity contribution is 6.05. The Balaban J connectivity index is 1.63. The Kier molecular flexibility index (Phi) is 7.75. The normalized spacial score (nSPS) is 19.3. The van der Waals surface area contributed by atoms with E-state index < -0.39 is 6.04 Å². The van der Waals surface area contributed by atoms with Crippen LogP contribution in [0, 0.1) is 0 Å².